The van der Waals surface area contributed by atoms with E-state index in [-0.39, 0.29) is 25.9 Å². The van der Waals surface area contributed by atoms with Crippen LogP contribution in [-0.4, -0.2) is 11.0 Å². The number of aromatic nitrogens is 1. The zero-order valence-corrected chi connectivity index (χ0v) is 14.3. The van der Waals surface area contributed by atoms with Crippen LogP contribution in [0.4, 0.5) is 0 Å². The van der Waals surface area contributed by atoms with Crippen molar-refractivity contribution in [3.63, 3.8) is 0 Å². The third-order valence-electron chi connectivity index (χ3n) is 3.13. The first kappa shape index (κ1) is 16.3. The molecule has 0 aliphatic heterocycles. The Morgan fingerprint density at radius 3 is 2.35 bits per heavy atom. The molecule has 0 unspecified atom stereocenters. The second kappa shape index (κ2) is 6.54. The van der Waals surface area contributed by atoms with Crippen LogP contribution in [0.25, 0.3) is 10.8 Å². The van der Waals surface area contributed by atoms with Gasteiger partial charge in [0.1, 0.15) is 10.9 Å². The number of rotatable bonds is 2. The molecule has 1 aromatic heterocycles. The first-order valence-corrected chi connectivity index (χ1v) is 7.90. The van der Waals surface area contributed by atoms with Crippen molar-refractivity contribution >= 4 is 63.1 Å². The lowest BCUT2D eigenvalue weighted by atomic mass is 10.1. The van der Waals surface area contributed by atoms with Gasteiger partial charge in [0.25, 0.3) is 0 Å². The maximum atomic E-state index is 12.4. The molecule has 1 heterocycles. The topological polar surface area (TPSA) is 39.2 Å². The lowest BCUT2D eigenvalue weighted by Crippen LogP contribution is -2.12. The van der Waals surface area contributed by atoms with Gasteiger partial charge in [-0.2, -0.15) is 0 Å². The van der Waals surface area contributed by atoms with E-state index in [1.54, 1.807) is 12.1 Å². The lowest BCUT2D eigenvalue weighted by molar-refractivity contribution is 0.0731. The van der Waals surface area contributed by atoms with E-state index in [1.165, 1.54) is 0 Å². The fourth-order valence-electron chi connectivity index (χ4n) is 2.06. The van der Waals surface area contributed by atoms with E-state index in [0.29, 0.717) is 5.75 Å². The van der Waals surface area contributed by atoms with Crippen molar-refractivity contribution in [2.75, 3.05) is 0 Å². The van der Waals surface area contributed by atoms with Crippen LogP contribution in [0, 0.1) is 0 Å². The Labute approximate surface area is 151 Å². The van der Waals surface area contributed by atoms with Gasteiger partial charge >= 0.3 is 5.97 Å². The number of hydrogen-bond donors (Lipinski definition) is 0. The number of carbonyl (C=O) groups excluding carboxylic acids is 1. The van der Waals surface area contributed by atoms with Gasteiger partial charge in [0, 0.05) is 5.39 Å². The molecule has 0 saturated carbocycles. The van der Waals surface area contributed by atoms with Crippen LogP contribution in [0.5, 0.6) is 5.75 Å². The summed E-state index contributed by atoms with van der Waals surface area (Å²) in [6.45, 7) is 0. The molecule has 0 N–H and O–H groups in total. The second-order valence-electron chi connectivity index (χ2n) is 4.56. The molecule has 116 valence electrons. The van der Waals surface area contributed by atoms with Crippen molar-refractivity contribution in [2.45, 2.75) is 0 Å². The predicted molar refractivity (Wildman–Crippen MR) is 93.2 cm³/mol. The van der Waals surface area contributed by atoms with Crippen molar-refractivity contribution in [1.82, 2.24) is 4.98 Å². The molecule has 0 aliphatic rings. The molecule has 0 atom stereocenters. The van der Waals surface area contributed by atoms with Gasteiger partial charge in [-0.25, -0.2) is 9.78 Å². The van der Waals surface area contributed by atoms with E-state index < -0.39 is 5.97 Å². The number of ether oxygens (including phenoxy) is 1. The molecule has 0 bridgehead atoms. The molecule has 0 saturated heterocycles. The highest BCUT2D eigenvalue weighted by Gasteiger charge is 2.22. The Balaban J connectivity index is 2.02. The zero-order valence-electron chi connectivity index (χ0n) is 11.3. The first-order chi connectivity index (χ1) is 11.0. The van der Waals surface area contributed by atoms with E-state index >= 15 is 0 Å². The minimum atomic E-state index is -0.771. The van der Waals surface area contributed by atoms with Gasteiger partial charge in [-0.05, 0) is 11.5 Å². The lowest BCUT2D eigenvalue weighted by Gasteiger charge is -2.10. The average Bonchev–Trinajstić information content (AvgIpc) is 2.56. The average molecular weight is 387 g/mol. The summed E-state index contributed by atoms with van der Waals surface area (Å²) >= 11 is 23.6. The second-order valence-corrected chi connectivity index (χ2v) is 6.05. The molecule has 3 nitrogen and oxygen atoms in total. The molecule has 2 aromatic carbocycles. The Morgan fingerprint density at radius 1 is 0.870 bits per heavy atom. The minimum absolute atomic E-state index is 0.0138. The number of nitrogens with zero attached hydrogens (tertiary/aromatic N) is 1. The Morgan fingerprint density at radius 2 is 1.57 bits per heavy atom. The number of carbonyl (C=O) groups is 1. The molecule has 3 rings (SSSR count). The number of fused-ring (bicyclic) bond motifs is 1. The van der Waals surface area contributed by atoms with Crippen molar-refractivity contribution in [3.8, 4) is 5.75 Å². The SMILES string of the molecule is O=C(Oc1cccc2ccccc12)c1nc(Cl)c(Cl)c(Cl)c1Cl. The van der Waals surface area contributed by atoms with Gasteiger partial charge in [-0.3, -0.25) is 0 Å². The van der Waals surface area contributed by atoms with Gasteiger partial charge in [0.15, 0.2) is 5.69 Å². The maximum absolute atomic E-state index is 12.4. The van der Waals surface area contributed by atoms with E-state index in [2.05, 4.69) is 4.98 Å². The molecular formula is C16H7Cl4NO2. The number of halogens is 4. The van der Waals surface area contributed by atoms with Crippen LogP contribution in [-0.2, 0) is 0 Å². The molecule has 0 spiro atoms. The molecule has 0 fully saturated rings. The molecule has 0 amide bonds. The molecule has 23 heavy (non-hydrogen) atoms. The molecule has 7 heteroatoms. The summed E-state index contributed by atoms with van der Waals surface area (Å²) in [5.74, 6) is -0.389. The highest BCUT2D eigenvalue weighted by atomic mass is 35.5. The quantitative estimate of drug-likeness (QED) is 0.305. The Bertz CT molecular complexity index is 922. The zero-order chi connectivity index (χ0) is 16.6. The third kappa shape index (κ3) is 3.10. The van der Waals surface area contributed by atoms with Crippen molar-refractivity contribution < 1.29 is 9.53 Å². The van der Waals surface area contributed by atoms with Crippen LogP contribution in [0.2, 0.25) is 20.2 Å². The van der Waals surface area contributed by atoms with Crippen LogP contribution in [0.15, 0.2) is 42.5 Å². The maximum Gasteiger partial charge on any atom is 0.364 e. The van der Waals surface area contributed by atoms with Gasteiger partial charge in [-0.15, -0.1) is 0 Å². The van der Waals surface area contributed by atoms with Crippen molar-refractivity contribution in [3.05, 3.63) is 68.4 Å². The predicted octanol–water partition coefficient (Wildman–Crippen LogP) is 6.07. The van der Waals surface area contributed by atoms with E-state index in [1.807, 2.05) is 30.3 Å². The van der Waals surface area contributed by atoms with Gasteiger partial charge in [0.2, 0.25) is 0 Å². The summed E-state index contributed by atoms with van der Waals surface area (Å²) in [4.78, 5) is 16.2. The van der Waals surface area contributed by atoms with Crippen molar-refractivity contribution in [2.24, 2.45) is 0 Å². The minimum Gasteiger partial charge on any atom is -0.421 e. The largest absolute Gasteiger partial charge is 0.421 e. The smallest absolute Gasteiger partial charge is 0.364 e. The van der Waals surface area contributed by atoms with Gasteiger partial charge < -0.3 is 4.74 Å². The van der Waals surface area contributed by atoms with Gasteiger partial charge in [-0.1, -0.05) is 82.8 Å². The summed E-state index contributed by atoms with van der Waals surface area (Å²) in [5.41, 5.74) is -0.195. The van der Waals surface area contributed by atoms with Gasteiger partial charge in [0.05, 0.1) is 15.1 Å². The van der Waals surface area contributed by atoms with E-state index in [4.69, 9.17) is 51.1 Å². The highest BCUT2D eigenvalue weighted by Crippen LogP contribution is 2.36. The summed E-state index contributed by atoms with van der Waals surface area (Å²) in [5, 5.41) is 1.44. The van der Waals surface area contributed by atoms with Crippen LogP contribution in [0.3, 0.4) is 0 Å². The summed E-state index contributed by atoms with van der Waals surface area (Å²) in [6.07, 6.45) is 0. The third-order valence-corrected chi connectivity index (χ3v) is 4.81. The molecule has 3 aromatic rings. The molecule has 0 radical (unpaired) electrons. The Kier molecular flexibility index (Phi) is 4.64. The van der Waals surface area contributed by atoms with E-state index in [0.717, 1.165) is 10.8 Å². The first-order valence-electron chi connectivity index (χ1n) is 6.39. The summed E-state index contributed by atoms with van der Waals surface area (Å²) < 4.78 is 5.40. The van der Waals surface area contributed by atoms with Crippen LogP contribution >= 0.6 is 46.4 Å². The Hall–Kier alpha value is -1.52. The fraction of sp³-hybridized carbons (Fsp3) is 0. The molecule has 0 aliphatic carbocycles. The van der Waals surface area contributed by atoms with Crippen molar-refractivity contribution in [1.29, 1.82) is 0 Å². The number of esters is 1. The summed E-state index contributed by atoms with van der Waals surface area (Å²) in [7, 11) is 0. The van der Waals surface area contributed by atoms with E-state index in [9.17, 15) is 4.79 Å². The standard InChI is InChI=1S/C16H7Cl4NO2/c17-11-12(18)14(21-15(20)13(11)19)16(22)23-10-7-3-5-8-4-1-2-6-9(8)10/h1-7H. The number of benzene rings is 2. The number of pyridine rings is 1. The monoisotopic (exact) mass is 385 g/mol. The number of hydrogen-bond acceptors (Lipinski definition) is 3. The van der Waals surface area contributed by atoms with Crippen LogP contribution in [0.1, 0.15) is 10.5 Å². The fourth-order valence-corrected chi connectivity index (χ4v) is 2.86. The normalized spacial score (nSPS) is 10.8. The summed E-state index contributed by atoms with van der Waals surface area (Å²) in [6, 6.07) is 12.9. The highest BCUT2D eigenvalue weighted by molar-refractivity contribution is 6.52. The molecular weight excluding hydrogens is 380 g/mol. The van der Waals surface area contributed by atoms with Crippen LogP contribution < -0.4 is 4.74 Å².